The molecule has 4 heterocycles. The van der Waals surface area contributed by atoms with Crippen LogP contribution in [0.4, 0.5) is 0 Å². The second kappa shape index (κ2) is 55.6. The largest absolute Gasteiger partial charge is 0.481 e. The van der Waals surface area contributed by atoms with Crippen molar-refractivity contribution in [1.82, 2.24) is 45.1 Å². The molecule has 2 aliphatic heterocycles. The Morgan fingerprint density at radius 2 is 0.752 bits per heavy atom. The van der Waals surface area contributed by atoms with Crippen molar-refractivity contribution >= 4 is 87.3 Å². The first-order valence-electron chi connectivity index (χ1n) is 51.1. The van der Waals surface area contributed by atoms with Gasteiger partial charge in [-0.05, 0) is 124 Å². The Labute approximate surface area is 828 Å². The number of aromatic nitrogens is 2. The molecule has 0 radical (unpaired) electrons. The lowest BCUT2D eigenvalue weighted by atomic mass is 9.77. The number of hydrogen-bond donors (Lipinski definition) is 4. The number of carbonyl (C=O) groups is 11. The number of methoxy groups -OCH3 is 5. The van der Waals surface area contributed by atoms with Gasteiger partial charge in [0.15, 0.2) is 5.78 Å². The zero-order valence-electron chi connectivity index (χ0n) is 87.4. The number of ketones is 3. The smallest absolute Gasteiger partial charge is 0.306 e. The molecule has 5 fully saturated rings. The maximum Gasteiger partial charge on any atom is 0.306 e. The molecule has 2 aromatic carbocycles. The van der Waals surface area contributed by atoms with E-state index in [1.54, 1.807) is 69.6 Å². The van der Waals surface area contributed by atoms with E-state index in [2.05, 4.69) is 55.2 Å². The van der Waals surface area contributed by atoms with Crippen LogP contribution in [0, 0.1) is 75.9 Å². The SMILES string of the molecule is CC[C@H](C)[C@@H]([C@@H](CC(=O)N1CCC[C@H]1[C@H](OC)[C@@H](C)C(=O)N[C@@H](Cc1ccccc1)c1nccs1)OC)N(C)C(=O)[C@@H](CC(=O)C1(C)CCCC1)C(C)C.CC[C@H](C)[C@@H]([C@@H](CC(=O)N1CCC[C@H]1[C@H](OC)[C@@H](C)C(=O)N[C@@H](Cc1ccccc1)c1nccs1)OC)N(C)C(=O)[C@@H](CC(=O)C1(N)CCCC1)C(C)C.CC[C@H](C)[C@@H]([C@@H](CC(=O)O)OC)N(C)C(=O)[C@@H](CC(=O)C1(C)CCCC1)C(C)C. The van der Waals surface area contributed by atoms with Gasteiger partial charge >= 0.3 is 5.97 Å². The van der Waals surface area contributed by atoms with Gasteiger partial charge in [0.25, 0.3) is 0 Å². The van der Waals surface area contributed by atoms with Crippen LogP contribution in [0.3, 0.4) is 0 Å². The van der Waals surface area contributed by atoms with Crippen LogP contribution >= 0.6 is 22.7 Å². The number of rotatable bonds is 52. The highest BCUT2D eigenvalue weighted by Crippen LogP contribution is 2.44. The second-order valence-corrected chi connectivity index (χ2v) is 43.8. The highest BCUT2D eigenvalue weighted by molar-refractivity contribution is 7.09. The predicted octanol–water partition coefficient (Wildman–Crippen LogP) is 17.4. The minimum absolute atomic E-state index is 0.0140. The molecule has 0 bridgehead atoms. The normalized spacial score (nSPS) is 20.7. The topological polar surface area (TPSA) is 346 Å². The average Bonchev–Trinajstić information content (AvgIpc) is 1.43. The van der Waals surface area contributed by atoms with Crippen LogP contribution in [0.5, 0.6) is 0 Å². The molecule has 0 spiro atoms. The first kappa shape index (κ1) is 116. The maximum atomic E-state index is 14.3. The molecule has 4 aromatic rings. The lowest BCUT2D eigenvalue weighted by Gasteiger charge is -2.41. The van der Waals surface area contributed by atoms with Crippen LogP contribution in [0.15, 0.2) is 83.8 Å². The van der Waals surface area contributed by atoms with E-state index in [-0.39, 0.29) is 180 Å². The summed E-state index contributed by atoms with van der Waals surface area (Å²) in [5.41, 5.74) is 7.21. The van der Waals surface area contributed by atoms with E-state index in [9.17, 15) is 57.8 Å². The van der Waals surface area contributed by atoms with Crippen molar-refractivity contribution < 1.29 is 81.5 Å². The minimum atomic E-state index is -0.948. The maximum absolute atomic E-state index is 14.3. The third-order valence-electron chi connectivity index (χ3n) is 31.7. The number of thiazole rings is 2. The van der Waals surface area contributed by atoms with Gasteiger partial charge in [0.1, 0.15) is 21.6 Å². The molecule has 20 atom stereocenters. The summed E-state index contributed by atoms with van der Waals surface area (Å²) in [6.45, 7) is 33.2. The standard InChI is InChI=1S/C43H66N4O6S.C42H65N5O6S.C23H41NO5/c1-10-29(4)38(46(7)42(51)32(28(2)3)26-36(48)43(6)20-14-15-21-43)35(52-8)27-37(49)47-23-16-19-34(47)39(53-9)30(5)40(50)45-33(41-44-22-24-54-41)25-31-17-12-11-13-18-31;1-9-28(4)37(46(6)41(51)31(27(2)3)25-35(48)42(43)19-13-14-20-42)34(52-7)26-36(49)47-22-15-18-33(47)38(53-8)29(5)39(50)45-32(40-44-21-23-54-40)24-30-16-11-10-12-17-30;1-8-16(4)21(18(29-7)14-20(26)27)24(6)22(28)17(15(2)3)13-19(25)23(5)11-9-10-12-23/h11-13,17-18,22,24,28-30,32-35,38-39H,10,14-16,19-21,23,25-27H2,1-9H3,(H,45,50);10-12,16-17,21,23,27-29,31-34,37-38H,9,13-15,18-20,22,24-26,43H2,1-8H3,(H,45,50);15-18,21H,8-14H2,1-7H3,(H,26,27)/t29-,30+,32-,33-,34-,35+,38-,39+;28-,29+,31-,32-,33-,34+,37-,38+;16-,17-,18+,21-/m000/s1. The number of likely N-dealkylation sites (N-methyl/N-ethyl adjacent to an activating group) is 3. The molecular formula is C108H172N10O17S2. The number of Topliss-reactive ketones (excluding diaryl/α,β-unsaturated/α-hetero) is 3. The lowest BCUT2D eigenvalue weighted by molar-refractivity contribution is -0.149. The summed E-state index contributed by atoms with van der Waals surface area (Å²) in [4.78, 5) is 168. The molecule has 27 nitrogen and oxygen atoms in total. The highest BCUT2D eigenvalue weighted by Gasteiger charge is 2.50. The summed E-state index contributed by atoms with van der Waals surface area (Å²) in [6, 6.07) is 17.8. The second-order valence-electron chi connectivity index (χ2n) is 42.0. The number of carboxylic acids is 1. The number of nitrogens with zero attached hydrogens (tertiary/aromatic N) is 7. The quantitative estimate of drug-likeness (QED) is 0.0319. The Morgan fingerprint density at radius 1 is 0.445 bits per heavy atom. The first-order chi connectivity index (χ1) is 65.0. The van der Waals surface area contributed by atoms with Crippen molar-refractivity contribution in [3.05, 3.63) is 105 Å². The fourth-order valence-electron chi connectivity index (χ4n) is 22.1. The molecule has 3 aliphatic carbocycles. The summed E-state index contributed by atoms with van der Waals surface area (Å²) in [5, 5.41) is 21.2. The number of benzene rings is 2. The molecule has 5 aliphatic rings. The van der Waals surface area contributed by atoms with Crippen molar-refractivity contribution in [3.63, 3.8) is 0 Å². The summed E-state index contributed by atoms with van der Waals surface area (Å²) >= 11 is 3.02. The highest BCUT2D eigenvalue weighted by atomic mass is 32.1. The number of ether oxygens (including phenoxy) is 5. The molecule has 137 heavy (non-hydrogen) atoms. The van der Waals surface area contributed by atoms with E-state index in [1.165, 1.54) is 29.8 Å². The van der Waals surface area contributed by atoms with Crippen LogP contribution in [0.2, 0.25) is 0 Å². The van der Waals surface area contributed by atoms with Gasteiger partial charge < -0.3 is 69.7 Å². The van der Waals surface area contributed by atoms with Crippen LogP contribution in [-0.4, -0.2) is 240 Å². The van der Waals surface area contributed by atoms with Crippen LogP contribution in [0.1, 0.15) is 305 Å². The molecule has 5 N–H and O–H groups in total. The average molecular weight is 1950 g/mol. The van der Waals surface area contributed by atoms with Gasteiger partial charge in [0.2, 0.25) is 41.4 Å². The third-order valence-corrected chi connectivity index (χ3v) is 33.5. The van der Waals surface area contributed by atoms with Crippen molar-refractivity contribution in [2.24, 2.45) is 81.7 Å². The Balaban J connectivity index is 0.000000294. The molecule has 7 amide bonds. The fraction of sp³-hybridized carbons (Fsp3) is 0.731. The molecule has 2 saturated heterocycles. The molecule has 29 heteroatoms. The van der Waals surface area contributed by atoms with Gasteiger partial charge in [-0.15, -0.1) is 22.7 Å². The lowest BCUT2D eigenvalue weighted by Crippen LogP contribution is -2.55. The van der Waals surface area contributed by atoms with Crippen LogP contribution < -0.4 is 16.4 Å². The first-order valence-corrected chi connectivity index (χ1v) is 52.9. The molecular weight excluding hydrogens is 1770 g/mol. The van der Waals surface area contributed by atoms with Gasteiger partial charge in [-0.3, -0.25) is 52.7 Å². The van der Waals surface area contributed by atoms with E-state index < -0.39 is 77.7 Å². The Kier molecular flexibility index (Phi) is 47.2. The van der Waals surface area contributed by atoms with E-state index in [0.717, 1.165) is 124 Å². The Hall–Kier alpha value is -7.77. The molecule has 2 aromatic heterocycles. The van der Waals surface area contributed by atoms with E-state index >= 15 is 0 Å². The number of likely N-dealkylation sites (tertiary alicyclic amines) is 2. The Bertz CT molecular complexity index is 4160. The Morgan fingerprint density at radius 3 is 1.03 bits per heavy atom. The number of hydrogen-bond acceptors (Lipinski definition) is 21. The molecule has 3 saturated carbocycles. The predicted molar refractivity (Wildman–Crippen MR) is 540 cm³/mol. The van der Waals surface area contributed by atoms with Gasteiger partial charge in [-0.2, -0.15) is 0 Å². The van der Waals surface area contributed by atoms with Crippen molar-refractivity contribution in [3.8, 4) is 0 Å². The zero-order valence-corrected chi connectivity index (χ0v) is 89.0. The zero-order chi connectivity index (χ0) is 102. The molecule has 768 valence electrons. The number of nitrogens with one attached hydrogen (secondary N) is 2. The fourth-order valence-corrected chi connectivity index (χ4v) is 23.5. The van der Waals surface area contributed by atoms with Crippen molar-refractivity contribution in [1.29, 1.82) is 0 Å². The molecule has 0 unspecified atom stereocenters. The number of nitrogens with two attached hydrogens (primary N) is 1. The van der Waals surface area contributed by atoms with Crippen molar-refractivity contribution in [2.45, 2.75) is 362 Å². The molecule has 9 rings (SSSR count). The van der Waals surface area contributed by atoms with Gasteiger partial charge in [-0.1, -0.05) is 229 Å². The third kappa shape index (κ3) is 31.4. The monoisotopic (exact) mass is 1950 g/mol. The number of amides is 7. The summed E-state index contributed by atoms with van der Waals surface area (Å²) in [5.74, 6) is -3.77. The van der Waals surface area contributed by atoms with Gasteiger partial charge in [0.05, 0.1) is 109 Å². The summed E-state index contributed by atoms with van der Waals surface area (Å²) < 4.78 is 29.7. The number of aliphatic carboxylic acids is 1. The van der Waals surface area contributed by atoms with Gasteiger partial charge in [-0.25, -0.2) is 9.97 Å². The van der Waals surface area contributed by atoms with Gasteiger partial charge in [0, 0.05) is 141 Å². The number of carboxylic acid groups (broad SMARTS) is 1. The summed E-state index contributed by atoms with van der Waals surface area (Å²) in [7, 11) is 13.2. The van der Waals surface area contributed by atoms with E-state index in [1.807, 2.05) is 164 Å². The van der Waals surface area contributed by atoms with Crippen molar-refractivity contribution in [2.75, 3.05) is 69.8 Å². The number of carbonyl (C=O) groups excluding carboxylic acids is 10. The van der Waals surface area contributed by atoms with E-state index in [0.29, 0.717) is 45.2 Å². The van der Waals surface area contributed by atoms with Crippen LogP contribution in [-0.2, 0) is 89.3 Å². The van der Waals surface area contributed by atoms with Crippen LogP contribution in [0.25, 0.3) is 0 Å². The minimum Gasteiger partial charge on any atom is -0.481 e. The van der Waals surface area contributed by atoms with E-state index in [4.69, 9.17) is 29.4 Å². The summed E-state index contributed by atoms with van der Waals surface area (Å²) in [6.07, 6.45) is 18.9.